The Balaban J connectivity index is 1.87. The van der Waals surface area contributed by atoms with Gasteiger partial charge in [-0.15, -0.1) is 0 Å². The van der Waals surface area contributed by atoms with Crippen molar-refractivity contribution in [1.29, 1.82) is 0 Å². The average Bonchev–Trinajstić information content (AvgIpc) is 2.93. The molecule has 1 aliphatic rings. The van der Waals surface area contributed by atoms with Gasteiger partial charge in [0.25, 0.3) is 0 Å². The number of hydrogen-bond donors (Lipinski definition) is 1. The fourth-order valence-corrected chi connectivity index (χ4v) is 2.34. The second-order valence-electron chi connectivity index (χ2n) is 3.18. The maximum Gasteiger partial charge on any atom is 0.243 e. The molecule has 14 heavy (non-hydrogen) atoms. The normalized spacial score (nSPS) is 16.1. The van der Waals surface area contributed by atoms with Gasteiger partial charge in [-0.2, -0.15) is 16.4 Å². The largest absolute Gasteiger partial charge is 0.273 e. The van der Waals surface area contributed by atoms with Gasteiger partial charge in [0.05, 0.1) is 6.21 Å². The van der Waals surface area contributed by atoms with Crippen LogP contribution in [0.4, 0.5) is 0 Å². The van der Waals surface area contributed by atoms with Gasteiger partial charge < -0.3 is 0 Å². The van der Waals surface area contributed by atoms with Crippen LogP contribution in [0, 0.1) is 5.92 Å². The van der Waals surface area contributed by atoms with Crippen LogP contribution >= 0.6 is 27.3 Å². The third-order valence-corrected chi connectivity index (χ3v) is 3.72. The van der Waals surface area contributed by atoms with Crippen molar-refractivity contribution in [3.8, 4) is 0 Å². The fourth-order valence-electron chi connectivity index (χ4n) is 0.986. The zero-order chi connectivity index (χ0) is 9.97. The van der Waals surface area contributed by atoms with E-state index in [1.54, 1.807) is 17.6 Å². The Bertz CT molecular complexity index is 371. The molecule has 1 fully saturated rings. The highest BCUT2D eigenvalue weighted by atomic mass is 79.9. The number of rotatable bonds is 3. The maximum absolute atomic E-state index is 11.2. The van der Waals surface area contributed by atoms with Gasteiger partial charge in [0.1, 0.15) is 0 Å². The summed E-state index contributed by atoms with van der Waals surface area (Å²) in [5, 5.41) is 7.83. The first-order valence-corrected chi connectivity index (χ1v) is 6.05. The summed E-state index contributed by atoms with van der Waals surface area (Å²) in [6, 6.07) is 0. The first kappa shape index (κ1) is 9.86. The lowest BCUT2D eigenvalue weighted by Gasteiger charge is -1.94. The Morgan fingerprint density at radius 2 is 2.43 bits per heavy atom. The molecule has 1 saturated carbocycles. The van der Waals surface area contributed by atoms with Crippen LogP contribution < -0.4 is 5.43 Å². The molecule has 1 N–H and O–H groups in total. The Morgan fingerprint density at radius 3 is 3.00 bits per heavy atom. The maximum atomic E-state index is 11.2. The van der Waals surface area contributed by atoms with Gasteiger partial charge in [-0.05, 0) is 28.8 Å². The topological polar surface area (TPSA) is 41.5 Å². The number of thiophene rings is 1. The lowest BCUT2D eigenvalue weighted by Crippen LogP contribution is -2.18. The van der Waals surface area contributed by atoms with Crippen molar-refractivity contribution in [1.82, 2.24) is 5.43 Å². The number of nitrogens with one attached hydrogen (secondary N) is 1. The molecule has 2 rings (SSSR count). The van der Waals surface area contributed by atoms with Crippen LogP contribution in [0.2, 0.25) is 0 Å². The Kier molecular flexibility index (Phi) is 2.98. The minimum atomic E-state index is 0.0348. The molecule has 0 radical (unpaired) electrons. The molecule has 0 aromatic carbocycles. The number of halogens is 1. The van der Waals surface area contributed by atoms with E-state index in [9.17, 15) is 4.79 Å². The molecular weight excluding hydrogens is 264 g/mol. The summed E-state index contributed by atoms with van der Waals surface area (Å²) in [7, 11) is 0. The van der Waals surface area contributed by atoms with Gasteiger partial charge in [0, 0.05) is 26.7 Å². The molecule has 5 heteroatoms. The number of nitrogens with zero attached hydrogens (tertiary/aromatic N) is 1. The van der Waals surface area contributed by atoms with Gasteiger partial charge in [-0.3, -0.25) is 4.79 Å². The predicted octanol–water partition coefficient (Wildman–Crippen LogP) is 2.37. The van der Waals surface area contributed by atoms with Gasteiger partial charge in [-0.25, -0.2) is 5.43 Å². The number of amides is 1. The van der Waals surface area contributed by atoms with Crippen LogP contribution in [-0.2, 0) is 4.79 Å². The van der Waals surface area contributed by atoms with Crippen molar-refractivity contribution in [3.05, 3.63) is 20.8 Å². The van der Waals surface area contributed by atoms with E-state index in [0.29, 0.717) is 0 Å². The van der Waals surface area contributed by atoms with E-state index in [4.69, 9.17) is 0 Å². The van der Waals surface area contributed by atoms with Crippen molar-refractivity contribution >= 4 is 39.4 Å². The monoisotopic (exact) mass is 272 g/mol. The van der Waals surface area contributed by atoms with Crippen LogP contribution in [-0.4, -0.2) is 12.1 Å². The zero-order valence-electron chi connectivity index (χ0n) is 7.37. The highest BCUT2D eigenvalue weighted by Crippen LogP contribution is 2.28. The van der Waals surface area contributed by atoms with E-state index in [1.165, 1.54) is 0 Å². The smallest absolute Gasteiger partial charge is 0.243 e. The highest BCUT2D eigenvalue weighted by molar-refractivity contribution is 9.10. The molecule has 0 atom stereocenters. The second kappa shape index (κ2) is 4.23. The summed E-state index contributed by atoms with van der Waals surface area (Å²) in [6.07, 6.45) is 3.66. The number of carbonyl (C=O) groups is 1. The summed E-state index contributed by atoms with van der Waals surface area (Å²) >= 11 is 4.97. The zero-order valence-corrected chi connectivity index (χ0v) is 9.77. The predicted molar refractivity (Wildman–Crippen MR) is 60.5 cm³/mol. The summed E-state index contributed by atoms with van der Waals surface area (Å²) in [5.41, 5.74) is 3.52. The summed E-state index contributed by atoms with van der Waals surface area (Å²) in [5.74, 6) is 0.241. The summed E-state index contributed by atoms with van der Waals surface area (Å²) < 4.78 is 1.01. The standard InChI is InChI=1S/C9H9BrN2OS/c10-8-5-14-4-7(8)3-11-12-9(13)6-1-2-6/h3-6H,1-2H2,(H,12,13). The molecule has 3 nitrogen and oxygen atoms in total. The van der Waals surface area contributed by atoms with Crippen LogP contribution in [0.15, 0.2) is 20.3 Å². The summed E-state index contributed by atoms with van der Waals surface area (Å²) in [6.45, 7) is 0. The third-order valence-electron chi connectivity index (χ3n) is 1.97. The molecule has 0 aliphatic heterocycles. The van der Waals surface area contributed by atoms with Crippen LogP contribution in [0.5, 0.6) is 0 Å². The van der Waals surface area contributed by atoms with Crippen molar-refractivity contribution in [2.24, 2.45) is 11.0 Å². The first-order valence-electron chi connectivity index (χ1n) is 4.32. The van der Waals surface area contributed by atoms with Gasteiger partial charge >= 0.3 is 0 Å². The van der Waals surface area contributed by atoms with E-state index in [0.717, 1.165) is 22.9 Å². The number of hydrogen-bond acceptors (Lipinski definition) is 3. The van der Waals surface area contributed by atoms with Gasteiger partial charge in [-0.1, -0.05) is 0 Å². The quantitative estimate of drug-likeness (QED) is 0.666. The van der Waals surface area contributed by atoms with Crippen molar-refractivity contribution < 1.29 is 4.79 Å². The molecule has 1 amide bonds. The van der Waals surface area contributed by atoms with Gasteiger partial charge in [0.2, 0.25) is 5.91 Å². The molecule has 0 bridgehead atoms. The van der Waals surface area contributed by atoms with E-state index in [2.05, 4.69) is 26.5 Å². The Labute approximate surface area is 94.3 Å². The Morgan fingerprint density at radius 1 is 1.64 bits per heavy atom. The molecule has 0 saturated heterocycles. The van der Waals surface area contributed by atoms with Crippen molar-refractivity contribution in [2.45, 2.75) is 12.8 Å². The van der Waals surface area contributed by atoms with Crippen LogP contribution in [0.1, 0.15) is 18.4 Å². The number of hydrazone groups is 1. The molecule has 1 heterocycles. The second-order valence-corrected chi connectivity index (χ2v) is 4.78. The van der Waals surface area contributed by atoms with E-state index < -0.39 is 0 Å². The molecule has 74 valence electrons. The lowest BCUT2D eigenvalue weighted by atomic mass is 10.4. The third kappa shape index (κ3) is 2.42. The number of carbonyl (C=O) groups excluding carboxylic acids is 1. The highest BCUT2D eigenvalue weighted by Gasteiger charge is 2.29. The van der Waals surface area contributed by atoms with Crippen LogP contribution in [0.25, 0.3) is 0 Å². The fraction of sp³-hybridized carbons (Fsp3) is 0.333. The van der Waals surface area contributed by atoms with E-state index in [1.807, 2.05) is 10.8 Å². The first-order chi connectivity index (χ1) is 6.77. The van der Waals surface area contributed by atoms with Crippen LogP contribution in [0.3, 0.4) is 0 Å². The van der Waals surface area contributed by atoms with E-state index in [-0.39, 0.29) is 11.8 Å². The van der Waals surface area contributed by atoms with E-state index >= 15 is 0 Å². The molecule has 1 aromatic rings. The molecular formula is C9H9BrN2OS. The molecule has 0 unspecified atom stereocenters. The molecule has 1 aliphatic carbocycles. The van der Waals surface area contributed by atoms with Gasteiger partial charge in [0.15, 0.2) is 0 Å². The molecule has 1 aromatic heterocycles. The minimum Gasteiger partial charge on any atom is -0.273 e. The average molecular weight is 273 g/mol. The summed E-state index contributed by atoms with van der Waals surface area (Å²) in [4.78, 5) is 11.2. The SMILES string of the molecule is O=C(NN=Cc1cscc1Br)C1CC1. The lowest BCUT2D eigenvalue weighted by molar-refractivity contribution is -0.122. The Hall–Kier alpha value is -0.680. The van der Waals surface area contributed by atoms with Crippen molar-refractivity contribution in [3.63, 3.8) is 0 Å². The molecule has 0 spiro atoms. The minimum absolute atomic E-state index is 0.0348. The van der Waals surface area contributed by atoms with Crippen molar-refractivity contribution in [2.75, 3.05) is 0 Å².